The molecule has 0 radical (unpaired) electrons. The van der Waals surface area contributed by atoms with E-state index in [2.05, 4.69) is 141 Å². The van der Waals surface area contributed by atoms with Crippen molar-refractivity contribution in [2.75, 3.05) is 0 Å². The Bertz CT molecular complexity index is 1980. The second-order valence-corrected chi connectivity index (χ2v) is 11.3. The Labute approximate surface area is 224 Å². The summed E-state index contributed by atoms with van der Waals surface area (Å²) in [6, 6.07) is 47.6. The van der Waals surface area contributed by atoms with Crippen molar-refractivity contribution in [3.63, 3.8) is 0 Å². The number of hydrogen-bond acceptors (Lipinski definition) is 0. The summed E-state index contributed by atoms with van der Waals surface area (Å²) in [5.41, 5.74) is 9.47. The van der Waals surface area contributed by atoms with Gasteiger partial charge in [-0.1, -0.05) is 158 Å². The fourth-order valence-electron chi connectivity index (χ4n) is 7.20. The van der Waals surface area contributed by atoms with Crippen LogP contribution in [-0.4, -0.2) is 6.71 Å². The van der Waals surface area contributed by atoms with E-state index in [4.69, 9.17) is 0 Å². The maximum atomic E-state index is 2.50. The van der Waals surface area contributed by atoms with E-state index in [1.54, 1.807) is 0 Å². The Morgan fingerprint density at radius 1 is 0.500 bits per heavy atom. The molecule has 0 aromatic heterocycles. The number of rotatable bonds is 2. The molecule has 0 unspecified atom stereocenters. The van der Waals surface area contributed by atoms with E-state index < -0.39 is 0 Å². The van der Waals surface area contributed by atoms with Crippen LogP contribution >= 0.6 is 0 Å². The van der Waals surface area contributed by atoms with Crippen LogP contribution in [0.4, 0.5) is 0 Å². The summed E-state index contributed by atoms with van der Waals surface area (Å²) < 4.78 is 0. The minimum absolute atomic E-state index is 0.126. The van der Waals surface area contributed by atoms with Crippen molar-refractivity contribution in [3.05, 3.63) is 139 Å². The van der Waals surface area contributed by atoms with Gasteiger partial charge in [0.15, 0.2) is 0 Å². The molecule has 0 spiro atoms. The number of benzene rings is 7. The Morgan fingerprint density at radius 2 is 1.18 bits per heavy atom. The highest BCUT2D eigenvalue weighted by Gasteiger charge is 2.38. The molecule has 1 heterocycles. The molecule has 1 aliphatic rings. The Hall–Kier alpha value is -4.36. The zero-order valence-corrected chi connectivity index (χ0v) is 21.7. The molecule has 0 fully saturated rings. The van der Waals surface area contributed by atoms with Gasteiger partial charge in [0.25, 0.3) is 0 Å². The lowest BCUT2D eigenvalue weighted by Crippen LogP contribution is -2.53. The van der Waals surface area contributed by atoms with Gasteiger partial charge in [-0.15, -0.1) is 0 Å². The summed E-state index contributed by atoms with van der Waals surface area (Å²) >= 11 is 0. The van der Waals surface area contributed by atoms with Gasteiger partial charge in [-0.05, 0) is 54.6 Å². The molecule has 1 aliphatic heterocycles. The first-order valence-electron chi connectivity index (χ1n) is 13.6. The van der Waals surface area contributed by atoms with Gasteiger partial charge in [-0.3, -0.25) is 0 Å². The standard InChI is InChI=1S/C37H27B/c1-37(2)30-15-9-10-16-32(30)38(27-13-7-4-8-14-27)33-23-26-18-20-28(24-11-5-3-6-12-24)29-21-17-25-19-22-31(37)36(33)35(25)34(26)29/h3-23H,1-2H3. The van der Waals surface area contributed by atoms with Crippen LogP contribution in [0, 0.1) is 0 Å². The van der Waals surface area contributed by atoms with E-state index in [-0.39, 0.29) is 12.1 Å². The molecule has 38 heavy (non-hydrogen) atoms. The topological polar surface area (TPSA) is 0 Å². The van der Waals surface area contributed by atoms with Crippen molar-refractivity contribution in [2.45, 2.75) is 19.3 Å². The van der Waals surface area contributed by atoms with E-state index in [1.807, 2.05) is 0 Å². The first-order chi connectivity index (χ1) is 18.6. The number of fused-ring (bicyclic) bond motifs is 1. The maximum Gasteiger partial charge on any atom is 0.242 e. The van der Waals surface area contributed by atoms with Gasteiger partial charge >= 0.3 is 0 Å². The largest absolute Gasteiger partial charge is 0.242 e. The molecular formula is C37H27B. The van der Waals surface area contributed by atoms with Crippen molar-refractivity contribution in [3.8, 4) is 11.1 Å². The Morgan fingerprint density at radius 3 is 2.00 bits per heavy atom. The van der Waals surface area contributed by atoms with Crippen LogP contribution < -0.4 is 16.4 Å². The zero-order chi connectivity index (χ0) is 25.4. The fourth-order valence-corrected chi connectivity index (χ4v) is 7.20. The van der Waals surface area contributed by atoms with Crippen molar-refractivity contribution in [1.29, 1.82) is 0 Å². The molecule has 0 aliphatic carbocycles. The highest BCUT2D eigenvalue weighted by Crippen LogP contribution is 2.44. The smallest absolute Gasteiger partial charge is 0.0686 e. The second-order valence-electron chi connectivity index (χ2n) is 11.3. The third kappa shape index (κ3) is 2.88. The van der Waals surface area contributed by atoms with Crippen molar-refractivity contribution >= 4 is 55.4 Å². The van der Waals surface area contributed by atoms with Crippen LogP contribution in [0.15, 0.2) is 127 Å². The lowest BCUT2D eigenvalue weighted by molar-refractivity contribution is 0.652. The molecule has 0 N–H and O–H groups in total. The van der Waals surface area contributed by atoms with E-state index in [1.165, 1.54) is 71.0 Å². The van der Waals surface area contributed by atoms with Gasteiger partial charge in [-0.25, -0.2) is 0 Å². The molecule has 0 saturated carbocycles. The molecule has 7 aromatic carbocycles. The molecule has 178 valence electrons. The maximum absolute atomic E-state index is 2.50. The molecule has 0 nitrogen and oxygen atoms in total. The van der Waals surface area contributed by atoms with Gasteiger partial charge in [0, 0.05) is 5.41 Å². The molecule has 7 aromatic rings. The third-order valence-corrected chi connectivity index (χ3v) is 8.94. The molecule has 0 amide bonds. The third-order valence-electron chi connectivity index (χ3n) is 8.94. The minimum Gasteiger partial charge on any atom is -0.0686 e. The van der Waals surface area contributed by atoms with Crippen LogP contribution in [0.2, 0.25) is 0 Å². The average Bonchev–Trinajstić information content (AvgIpc) is 3.05. The predicted molar refractivity (Wildman–Crippen MR) is 165 cm³/mol. The monoisotopic (exact) mass is 482 g/mol. The number of hydrogen-bond donors (Lipinski definition) is 0. The molecule has 0 bridgehead atoms. The average molecular weight is 482 g/mol. The normalized spacial score (nSPS) is 14.2. The Kier molecular flexibility index (Phi) is 4.47. The second kappa shape index (κ2) is 7.82. The first kappa shape index (κ1) is 21.7. The predicted octanol–water partition coefficient (Wildman–Crippen LogP) is 7.41. The summed E-state index contributed by atoms with van der Waals surface area (Å²) in [6.45, 7) is 4.99. The quantitative estimate of drug-likeness (QED) is 0.178. The van der Waals surface area contributed by atoms with Gasteiger partial charge in [0.05, 0.1) is 0 Å². The van der Waals surface area contributed by atoms with Crippen LogP contribution in [0.5, 0.6) is 0 Å². The highest BCUT2D eigenvalue weighted by atomic mass is 14.3. The van der Waals surface area contributed by atoms with Crippen molar-refractivity contribution in [1.82, 2.24) is 0 Å². The van der Waals surface area contributed by atoms with Gasteiger partial charge in [0.1, 0.15) is 0 Å². The molecular weight excluding hydrogens is 455 g/mol. The van der Waals surface area contributed by atoms with Crippen LogP contribution in [0.3, 0.4) is 0 Å². The van der Waals surface area contributed by atoms with Crippen LogP contribution in [0.1, 0.15) is 25.0 Å². The van der Waals surface area contributed by atoms with Crippen LogP contribution in [0.25, 0.3) is 43.4 Å². The fraction of sp³-hybridized carbons (Fsp3) is 0.0811. The Balaban J connectivity index is 1.59. The lowest BCUT2D eigenvalue weighted by atomic mass is 9.35. The van der Waals surface area contributed by atoms with Crippen molar-refractivity contribution in [2.24, 2.45) is 0 Å². The van der Waals surface area contributed by atoms with E-state index in [9.17, 15) is 0 Å². The summed E-state index contributed by atoms with van der Waals surface area (Å²) in [5.74, 6) is 0. The molecule has 0 saturated heterocycles. The highest BCUT2D eigenvalue weighted by molar-refractivity contribution is 6.97. The summed E-state index contributed by atoms with van der Waals surface area (Å²) in [6.07, 6.45) is 0. The van der Waals surface area contributed by atoms with Gasteiger partial charge in [-0.2, -0.15) is 0 Å². The molecule has 0 atom stereocenters. The van der Waals surface area contributed by atoms with E-state index in [0.29, 0.717) is 0 Å². The van der Waals surface area contributed by atoms with Gasteiger partial charge < -0.3 is 0 Å². The van der Waals surface area contributed by atoms with Gasteiger partial charge in [0.2, 0.25) is 6.71 Å². The summed E-state index contributed by atoms with van der Waals surface area (Å²) in [5, 5.41) is 8.21. The zero-order valence-electron chi connectivity index (χ0n) is 21.7. The van der Waals surface area contributed by atoms with E-state index in [0.717, 1.165) is 0 Å². The molecule has 8 rings (SSSR count). The van der Waals surface area contributed by atoms with E-state index >= 15 is 0 Å². The van der Waals surface area contributed by atoms with Crippen LogP contribution in [-0.2, 0) is 5.41 Å². The summed E-state index contributed by atoms with van der Waals surface area (Å²) in [4.78, 5) is 0. The summed E-state index contributed by atoms with van der Waals surface area (Å²) in [7, 11) is 0. The molecule has 1 heteroatoms. The first-order valence-corrected chi connectivity index (χ1v) is 13.6. The SMILES string of the molecule is CC1(C)c2ccccc2B(c2ccccc2)c2cc3ccc(-c4ccccc4)c4ccc5ccc1c2c5c34. The van der Waals surface area contributed by atoms with Crippen molar-refractivity contribution < 1.29 is 0 Å². The minimum atomic E-state index is -0.126. The lowest BCUT2D eigenvalue weighted by Gasteiger charge is -2.29.